The maximum absolute atomic E-state index is 13.3. The average Bonchev–Trinajstić information content (AvgIpc) is 3.22. The Morgan fingerprint density at radius 3 is 2.17 bits per heavy atom. The van der Waals surface area contributed by atoms with Gasteiger partial charge in [-0.3, -0.25) is 19.4 Å². The third-order valence-corrected chi connectivity index (χ3v) is 7.68. The number of ketones is 1. The summed E-state index contributed by atoms with van der Waals surface area (Å²) >= 11 is 0. The molecule has 2 amide bonds. The lowest BCUT2D eigenvalue weighted by molar-refractivity contribution is 0.0882. The minimum atomic E-state index is -0.296. The van der Waals surface area contributed by atoms with E-state index in [4.69, 9.17) is 0 Å². The molecule has 2 aliphatic heterocycles. The molecular formula is C31H36ClN5O4. The first-order valence-corrected chi connectivity index (χ1v) is 13.9. The largest absolute Gasteiger partial charge is 0.507 e. The van der Waals surface area contributed by atoms with Gasteiger partial charge in [-0.25, -0.2) is 0 Å². The Bertz CT molecular complexity index is 1350. The highest BCUT2D eigenvalue weighted by Gasteiger charge is 2.27. The zero-order valence-electron chi connectivity index (χ0n) is 22.8. The molecule has 2 aliphatic rings. The van der Waals surface area contributed by atoms with Gasteiger partial charge in [-0.05, 0) is 80.7 Å². The number of benzene rings is 2. The van der Waals surface area contributed by atoms with Gasteiger partial charge in [0.15, 0.2) is 5.78 Å². The number of phenols is 1. The van der Waals surface area contributed by atoms with E-state index in [-0.39, 0.29) is 59.4 Å². The molecule has 5 N–H and O–H groups in total. The molecule has 3 atom stereocenters. The molecule has 3 heterocycles. The molecule has 9 nitrogen and oxygen atoms in total. The molecule has 0 radical (unpaired) electrons. The summed E-state index contributed by atoms with van der Waals surface area (Å²) in [7, 11) is 0. The normalized spacial score (nSPS) is 20.6. The van der Waals surface area contributed by atoms with Crippen LogP contribution in [0.1, 0.15) is 80.3 Å². The van der Waals surface area contributed by atoms with Crippen molar-refractivity contribution in [2.45, 2.75) is 50.2 Å². The molecular weight excluding hydrogens is 542 g/mol. The number of aromatic nitrogens is 1. The van der Waals surface area contributed by atoms with Crippen molar-refractivity contribution in [1.29, 1.82) is 0 Å². The predicted octanol–water partition coefficient (Wildman–Crippen LogP) is 3.54. The van der Waals surface area contributed by atoms with Crippen LogP contribution in [0.15, 0.2) is 67.0 Å². The van der Waals surface area contributed by atoms with Gasteiger partial charge >= 0.3 is 0 Å². The van der Waals surface area contributed by atoms with Gasteiger partial charge in [0.05, 0.1) is 17.6 Å². The molecule has 2 saturated heterocycles. The van der Waals surface area contributed by atoms with Crippen LogP contribution in [0, 0.1) is 0 Å². The predicted molar refractivity (Wildman–Crippen MR) is 159 cm³/mol. The Hall–Kier alpha value is -3.79. The van der Waals surface area contributed by atoms with Crippen LogP contribution < -0.4 is 21.3 Å². The van der Waals surface area contributed by atoms with Gasteiger partial charge in [-0.1, -0.05) is 24.6 Å². The second-order valence-corrected chi connectivity index (χ2v) is 10.4. The number of nitrogens with one attached hydrogen (secondary N) is 4. The van der Waals surface area contributed by atoms with Gasteiger partial charge in [-0.2, -0.15) is 0 Å². The zero-order valence-corrected chi connectivity index (χ0v) is 23.6. The fraction of sp³-hybridized carbons (Fsp3) is 0.355. The lowest BCUT2D eigenvalue weighted by Crippen LogP contribution is -2.54. The number of hydrogen-bond donors (Lipinski definition) is 5. The van der Waals surface area contributed by atoms with Crippen LogP contribution in [-0.2, 0) is 0 Å². The molecule has 0 bridgehead atoms. The van der Waals surface area contributed by atoms with E-state index in [2.05, 4.69) is 26.3 Å². The van der Waals surface area contributed by atoms with Crippen molar-refractivity contribution in [2.75, 3.05) is 19.6 Å². The van der Waals surface area contributed by atoms with E-state index in [0.717, 1.165) is 44.3 Å². The molecule has 5 rings (SSSR count). The number of carbonyl (C=O) groups excluding carboxylic acids is 3. The fourth-order valence-electron chi connectivity index (χ4n) is 5.40. The van der Waals surface area contributed by atoms with E-state index < -0.39 is 0 Å². The van der Waals surface area contributed by atoms with E-state index in [9.17, 15) is 19.5 Å². The lowest BCUT2D eigenvalue weighted by Gasteiger charge is -2.27. The lowest BCUT2D eigenvalue weighted by atomic mass is 9.93. The molecule has 10 heteroatoms. The summed E-state index contributed by atoms with van der Waals surface area (Å²) in [5, 5.41) is 23.3. The van der Waals surface area contributed by atoms with Crippen molar-refractivity contribution >= 4 is 30.0 Å². The minimum absolute atomic E-state index is 0. The van der Waals surface area contributed by atoms with Gasteiger partial charge in [-0.15, -0.1) is 12.4 Å². The van der Waals surface area contributed by atoms with Crippen LogP contribution in [0.2, 0.25) is 0 Å². The summed E-state index contributed by atoms with van der Waals surface area (Å²) in [6, 6.07) is 14.6. The molecule has 1 aromatic heterocycles. The number of nitrogens with zero attached hydrogens (tertiary/aromatic N) is 1. The Labute approximate surface area is 245 Å². The summed E-state index contributed by atoms with van der Waals surface area (Å²) in [6.07, 6.45) is 7.97. The Morgan fingerprint density at radius 2 is 1.46 bits per heavy atom. The molecule has 0 saturated carbocycles. The van der Waals surface area contributed by atoms with Gasteiger partial charge in [0, 0.05) is 41.7 Å². The third-order valence-electron chi connectivity index (χ3n) is 7.68. The number of aromatic hydroxyl groups is 1. The van der Waals surface area contributed by atoms with Crippen LogP contribution in [0.5, 0.6) is 5.75 Å². The van der Waals surface area contributed by atoms with E-state index in [1.165, 1.54) is 0 Å². The number of halogens is 1. The fourth-order valence-corrected chi connectivity index (χ4v) is 5.40. The summed E-state index contributed by atoms with van der Waals surface area (Å²) in [4.78, 5) is 43.1. The van der Waals surface area contributed by atoms with Crippen molar-refractivity contribution < 1.29 is 19.5 Å². The first kappa shape index (κ1) is 30.2. The third kappa shape index (κ3) is 7.49. The molecule has 0 aliphatic carbocycles. The molecule has 2 aromatic carbocycles. The van der Waals surface area contributed by atoms with Crippen LogP contribution in [0.3, 0.4) is 0 Å². The van der Waals surface area contributed by atoms with Crippen LogP contribution in [0.4, 0.5) is 0 Å². The average molecular weight is 578 g/mol. The number of phenolic OH excluding ortho intramolecular Hbond substituents is 1. The minimum Gasteiger partial charge on any atom is -0.507 e. The van der Waals surface area contributed by atoms with Crippen LogP contribution in [0.25, 0.3) is 0 Å². The maximum atomic E-state index is 13.3. The Kier molecular flexibility index (Phi) is 10.5. The highest BCUT2D eigenvalue weighted by atomic mass is 35.5. The monoisotopic (exact) mass is 577 g/mol. The summed E-state index contributed by atoms with van der Waals surface area (Å²) in [5.41, 5.74) is 2.55. The van der Waals surface area contributed by atoms with Crippen LogP contribution in [-0.4, -0.2) is 59.4 Å². The van der Waals surface area contributed by atoms with Crippen molar-refractivity contribution in [3.8, 4) is 5.75 Å². The summed E-state index contributed by atoms with van der Waals surface area (Å²) in [5.74, 6) is -0.851. The number of piperidine rings is 1. The second-order valence-electron chi connectivity index (χ2n) is 10.4. The quantitative estimate of drug-likeness (QED) is 0.271. The van der Waals surface area contributed by atoms with E-state index >= 15 is 0 Å². The van der Waals surface area contributed by atoms with Crippen molar-refractivity contribution in [1.82, 2.24) is 26.3 Å². The highest BCUT2D eigenvalue weighted by Crippen LogP contribution is 2.29. The smallest absolute Gasteiger partial charge is 0.251 e. The zero-order chi connectivity index (χ0) is 27.9. The van der Waals surface area contributed by atoms with Crippen molar-refractivity contribution in [3.05, 3.63) is 94.8 Å². The first-order chi connectivity index (χ1) is 19.5. The molecule has 2 fully saturated rings. The highest BCUT2D eigenvalue weighted by molar-refractivity contribution is 6.11. The molecule has 1 unspecified atom stereocenters. The standard InChI is InChI=1S/C31H35N5O4.ClH/c37-28-11-10-23(25-4-1-2-15-34-25)18-24(28)29(38)20-6-8-21(9-7-20)30(39)35-26-5-3-14-33-19-27(26)36-31(40)22-12-16-32-17-13-22;/h6-13,16-18,25-27,33-34,37H,1-5,14-15,19H2,(H,35,39)(H,36,40);1H/t25?,26-,27-;/m1./s1. The van der Waals surface area contributed by atoms with E-state index in [1.807, 2.05) is 6.07 Å². The van der Waals surface area contributed by atoms with Gasteiger partial charge < -0.3 is 26.4 Å². The number of carbonyl (C=O) groups is 3. The maximum Gasteiger partial charge on any atom is 0.251 e. The second kappa shape index (κ2) is 14.2. The topological polar surface area (TPSA) is 132 Å². The Balaban J connectivity index is 0.00000387. The number of hydrogen-bond acceptors (Lipinski definition) is 7. The molecule has 3 aromatic rings. The number of rotatable bonds is 7. The van der Waals surface area contributed by atoms with Crippen molar-refractivity contribution in [2.24, 2.45) is 0 Å². The van der Waals surface area contributed by atoms with Gasteiger partial charge in [0.2, 0.25) is 0 Å². The Morgan fingerprint density at radius 1 is 0.780 bits per heavy atom. The number of amides is 2. The summed E-state index contributed by atoms with van der Waals surface area (Å²) < 4.78 is 0. The van der Waals surface area contributed by atoms with E-state index in [0.29, 0.717) is 29.7 Å². The van der Waals surface area contributed by atoms with Crippen molar-refractivity contribution in [3.63, 3.8) is 0 Å². The van der Waals surface area contributed by atoms with Gasteiger partial charge in [0.25, 0.3) is 11.8 Å². The van der Waals surface area contributed by atoms with E-state index in [1.54, 1.807) is 60.9 Å². The first-order valence-electron chi connectivity index (χ1n) is 13.9. The van der Waals surface area contributed by atoms with Gasteiger partial charge in [0.1, 0.15) is 5.75 Å². The summed E-state index contributed by atoms with van der Waals surface area (Å²) in [6.45, 7) is 2.28. The molecule has 216 valence electrons. The molecule has 41 heavy (non-hydrogen) atoms. The SMILES string of the molecule is Cl.O=C(N[C@@H]1CCCNC[C@H]1NC(=O)c1ccncc1)c1ccc(C(=O)c2cc(C3CCCCN3)ccc2O)cc1. The molecule has 0 spiro atoms. The number of pyridine rings is 1. The van der Waals surface area contributed by atoms with Crippen LogP contribution >= 0.6 is 12.4 Å².